The Morgan fingerprint density at radius 1 is 1.16 bits per heavy atom. The summed E-state index contributed by atoms with van der Waals surface area (Å²) >= 11 is 0. The van der Waals surface area contributed by atoms with Crippen LogP contribution >= 0.6 is 0 Å². The monoisotopic (exact) mass is 259 g/mol. The minimum Gasteiger partial charge on any atom is -0.329 e. The zero-order chi connectivity index (χ0) is 13.5. The smallest absolute Gasteiger partial charge is 0.0405 e. The van der Waals surface area contributed by atoms with Crippen molar-refractivity contribution in [1.82, 2.24) is 9.80 Å². The van der Waals surface area contributed by atoms with Gasteiger partial charge in [-0.15, -0.1) is 0 Å². The average Bonchev–Trinajstić information content (AvgIpc) is 2.49. The van der Waals surface area contributed by atoms with Crippen LogP contribution in [0.4, 0.5) is 0 Å². The highest BCUT2D eigenvalue weighted by molar-refractivity contribution is 5.49. The molecule has 3 nitrogen and oxygen atoms in total. The van der Waals surface area contributed by atoms with Gasteiger partial charge in [-0.3, -0.25) is 4.90 Å². The van der Waals surface area contributed by atoms with E-state index in [0.29, 0.717) is 12.6 Å². The van der Waals surface area contributed by atoms with Gasteiger partial charge in [0.25, 0.3) is 0 Å². The molecule has 0 aromatic heterocycles. The Balaban J connectivity index is 1.92. The number of hydrogen-bond donors (Lipinski definition) is 1. The van der Waals surface area contributed by atoms with E-state index in [-0.39, 0.29) is 0 Å². The van der Waals surface area contributed by atoms with Crippen molar-refractivity contribution in [3.63, 3.8) is 0 Å². The summed E-state index contributed by atoms with van der Waals surface area (Å²) in [7, 11) is 0. The number of benzene rings is 1. The van der Waals surface area contributed by atoms with Gasteiger partial charge in [0.15, 0.2) is 0 Å². The molecule has 0 aliphatic carbocycles. The molecular formula is C16H25N3. The van der Waals surface area contributed by atoms with Gasteiger partial charge in [0.05, 0.1) is 0 Å². The minimum atomic E-state index is 0.360. The number of nitrogens with zero attached hydrogens (tertiary/aromatic N) is 2. The third-order valence-electron chi connectivity index (χ3n) is 3.88. The first-order valence-electron chi connectivity index (χ1n) is 7.23. The van der Waals surface area contributed by atoms with Gasteiger partial charge in [-0.05, 0) is 12.1 Å². The van der Waals surface area contributed by atoms with Crippen molar-refractivity contribution in [2.24, 2.45) is 5.73 Å². The number of hydrogen-bond acceptors (Lipinski definition) is 3. The molecule has 104 valence electrons. The minimum absolute atomic E-state index is 0.360. The lowest BCUT2D eigenvalue weighted by Gasteiger charge is -2.37. The first kappa shape index (κ1) is 14.3. The largest absolute Gasteiger partial charge is 0.329 e. The maximum absolute atomic E-state index is 5.93. The molecule has 0 bridgehead atoms. The van der Waals surface area contributed by atoms with Gasteiger partial charge in [0.2, 0.25) is 0 Å². The molecule has 1 unspecified atom stereocenters. The van der Waals surface area contributed by atoms with Gasteiger partial charge in [-0.2, -0.15) is 0 Å². The van der Waals surface area contributed by atoms with E-state index in [1.807, 2.05) is 6.07 Å². The van der Waals surface area contributed by atoms with E-state index in [2.05, 4.69) is 53.1 Å². The van der Waals surface area contributed by atoms with Crippen LogP contribution in [0, 0.1) is 0 Å². The summed E-state index contributed by atoms with van der Waals surface area (Å²) in [5.74, 6) is 0. The van der Waals surface area contributed by atoms with Gasteiger partial charge in [0.1, 0.15) is 0 Å². The molecule has 1 aromatic carbocycles. The summed E-state index contributed by atoms with van der Waals surface area (Å²) in [6.07, 6.45) is 4.43. The third kappa shape index (κ3) is 4.16. The molecule has 1 aliphatic rings. The molecule has 1 aliphatic heterocycles. The van der Waals surface area contributed by atoms with Gasteiger partial charge in [-0.25, -0.2) is 0 Å². The number of rotatable bonds is 5. The van der Waals surface area contributed by atoms with Gasteiger partial charge in [-0.1, -0.05) is 49.4 Å². The number of likely N-dealkylation sites (N-methyl/N-ethyl adjacent to an activating group) is 1. The number of piperazine rings is 1. The second kappa shape index (κ2) is 7.43. The van der Waals surface area contributed by atoms with E-state index < -0.39 is 0 Å². The lowest BCUT2D eigenvalue weighted by atomic mass is 10.1. The van der Waals surface area contributed by atoms with Crippen molar-refractivity contribution in [3.05, 3.63) is 42.0 Å². The summed E-state index contributed by atoms with van der Waals surface area (Å²) in [4.78, 5) is 4.98. The van der Waals surface area contributed by atoms with Crippen LogP contribution < -0.4 is 5.73 Å². The molecule has 2 N–H and O–H groups in total. The van der Waals surface area contributed by atoms with Crippen LogP contribution in [-0.4, -0.2) is 55.1 Å². The van der Waals surface area contributed by atoms with E-state index in [0.717, 1.165) is 32.7 Å². The lowest BCUT2D eigenvalue weighted by Crippen LogP contribution is -2.51. The fourth-order valence-electron chi connectivity index (χ4n) is 2.55. The Hall–Kier alpha value is -1.16. The first-order valence-corrected chi connectivity index (χ1v) is 7.23. The molecule has 0 spiro atoms. The van der Waals surface area contributed by atoms with E-state index in [1.165, 1.54) is 5.56 Å². The molecule has 3 heteroatoms. The summed E-state index contributed by atoms with van der Waals surface area (Å²) < 4.78 is 0. The zero-order valence-electron chi connectivity index (χ0n) is 11.8. The molecule has 0 amide bonds. The quantitative estimate of drug-likeness (QED) is 0.873. The zero-order valence-corrected chi connectivity index (χ0v) is 11.8. The molecule has 0 saturated carbocycles. The van der Waals surface area contributed by atoms with Crippen LogP contribution in [0.25, 0.3) is 6.08 Å². The SMILES string of the molecule is CCN1CCN(C(/C=C\c2ccccc2)CN)CC1. The highest BCUT2D eigenvalue weighted by atomic mass is 15.3. The Bertz CT molecular complexity index is 380. The van der Waals surface area contributed by atoms with Crippen LogP contribution in [0.3, 0.4) is 0 Å². The van der Waals surface area contributed by atoms with E-state index in [4.69, 9.17) is 5.73 Å². The van der Waals surface area contributed by atoms with Crippen molar-refractivity contribution < 1.29 is 0 Å². The van der Waals surface area contributed by atoms with Gasteiger partial charge in [0, 0.05) is 38.8 Å². The van der Waals surface area contributed by atoms with Crippen LogP contribution in [0.5, 0.6) is 0 Å². The molecular weight excluding hydrogens is 234 g/mol. The van der Waals surface area contributed by atoms with Crippen molar-refractivity contribution in [1.29, 1.82) is 0 Å². The second-order valence-electron chi connectivity index (χ2n) is 5.04. The normalized spacial score (nSPS) is 19.9. The van der Waals surface area contributed by atoms with Crippen molar-refractivity contribution in [3.8, 4) is 0 Å². The lowest BCUT2D eigenvalue weighted by molar-refractivity contribution is 0.118. The fourth-order valence-corrected chi connectivity index (χ4v) is 2.55. The van der Waals surface area contributed by atoms with Crippen molar-refractivity contribution in [2.45, 2.75) is 13.0 Å². The van der Waals surface area contributed by atoms with Crippen LogP contribution in [0.2, 0.25) is 0 Å². The predicted octanol–water partition coefficient (Wildman–Crippen LogP) is 1.66. The van der Waals surface area contributed by atoms with E-state index in [1.54, 1.807) is 0 Å². The Morgan fingerprint density at radius 2 is 1.84 bits per heavy atom. The molecule has 19 heavy (non-hydrogen) atoms. The Morgan fingerprint density at radius 3 is 2.42 bits per heavy atom. The molecule has 1 fully saturated rings. The highest BCUT2D eigenvalue weighted by Gasteiger charge is 2.20. The van der Waals surface area contributed by atoms with Crippen LogP contribution in [0.15, 0.2) is 36.4 Å². The van der Waals surface area contributed by atoms with E-state index in [9.17, 15) is 0 Å². The van der Waals surface area contributed by atoms with Gasteiger partial charge >= 0.3 is 0 Å². The third-order valence-corrected chi connectivity index (χ3v) is 3.88. The predicted molar refractivity (Wildman–Crippen MR) is 82.0 cm³/mol. The summed E-state index contributed by atoms with van der Waals surface area (Å²) in [6, 6.07) is 10.8. The molecule has 2 rings (SSSR count). The second-order valence-corrected chi connectivity index (χ2v) is 5.04. The fraction of sp³-hybridized carbons (Fsp3) is 0.500. The van der Waals surface area contributed by atoms with Crippen LogP contribution in [0.1, 0.15) is 12.5 Å². The Labute approximate surface area is 116 Å². The summed E-state index contributed by atoms with van der Waals surface area (Å²) in [6.45, 7) is 8.63. The molecule has 1 saturated heterocycles. The molecule has 1 aromatic rings. The number of nitrogens with two attached hydrogens (primary N) is 1. The maximum Gasteiger partial charge on any atom is 0.0405 e. The maximum atomic E-state index is 5.93. The molecule has 1 atom stereocenters. The van der Waals surface area contributed by atoms with Crippen LogP contribution in [-0.2, 0) is 0 Å². The van der Waals surface area contributed by atoms with Crippen molar-refractivity contribution in [2.75, 3.05) is 39.3 Å². The molecule has 1 heterocycles. The standard InChI is InChI=1S/C16H25N3/c1-2-18-10-12-19(13-11-18)16(14-17)9-8-15-6-4-3-5-7-15/h3-9,16H,2,10-14,17H2,1H3/b9-8-. The molecule has 0 radical (unpaired) electrons. The highest BCUT2D eigenvalue weighted by Crippen LogP contribution is 2.09. The summed E-state index contributed by atoms with van der Waals surface area (Å²) in [5.41, 5.74) is 7.17. The average molecular weight is 259 g/mol. The van der Waals surface area contributed by atoms with Gasteiger partial charge < -0.3 is 10.6 Å². The summed E-state index contributed by atoms with van der Waals surface area (Å²) in [5, 5.41) is 0. The van der Waals surface area contributed by atoms with E-state index >= 15 is 0 Å². The Kier molecular flexibility index (Phi) is 5.58. The first-order chi connectivity index (χ1) is 9.33. The topological polar surface area (TPSA) is 32.5 Å². The van der Waals surface area contributed by atoms with Crippen molar-refractivity contribution >= 4 is 6.08 Å².